The lowest BCUT2D eigenvalue weighted by atomic mass is 10.0. The molecule has 2 atom stereocenters. The van der Waals surface area contributed by atoms with Crippen molar-refractivity contribution in [3.8, 4) is 0 Å². The third-order valence-corrected chi connectivity index (χ3v) is 6.76. The summed E-state index contributed by atoms with van der Waals surface area (Å²) in [7, 11) is 0. The number of thioether (sulfide) groups is 1. The van der Waals surface area contributed by atoms with Gasteiger partial charge in [-0.25, -0.2) is 4.79 Å². The highest BCUT2D eigenvalue weighted by molar-refractivity contribution is 8.00. The van der Waals surface area contributed by atoms with E-state index in [0.29, 0.717) is 0 Å². The maximum absolute atomic E-state index is 12.9. The van der Waals surface area contributed by atoms with Crippen LogP contribution in [0.25, 0.3) is 0 Å². The summed E-state index contributed by atoms with van der Waals surface area (Å²) in [6, 6.07) is -1.000. The third kappa shape index (κ3) is 4.95. The normalized spacial score (nSPS) is 20.3. The van der Waals surface area contributed by atoms with Gasteiger partial charge in [-0.05, 0) is 6.92 Å². The summed E-state index contributed by atoms with van der Waals surface area (Å²) in [5.74, 6) is -3.08. The first-order valence-electron chi connectivity index (χ1n) is 9.45. The molecule has 0 bridgehead atoms. The van der Waals surface area contributed by atoms with Gasteiger partial charge in [-0.15, -0.1) is 11.8 Å². The van der Waals surface area contributed by atoms with Crippen LogP contribution in [0.15, 0.2) is 11.3 Å². The minimum atomic E-state index is -4.74. The van der Waals surface area contributed by atoms with E-state index < -0.39 is 52.1 Å². The van der Waals surface area contributed by atoms with Gasteiger partial charge in [0.15, 0.2) is 5.69 Å². The first-order chi connectivity index (χ1) is 15.3. The highest BCUT2D eigenvalue weighted by atomic mass is 35.5. The van der Waals surface area contributed by atoms with Gasteiger partial charge < -0.3 is 15.2 Å². The van der Waals surface area contributed by atoms with Crippen LogP contribution < -0.4 is 5.32 Å². The minimum absolute atomic E-state index is 0.0436. The number of carbonyl (C=O) groups is 4. The van der Waals surface area contributed by atoms with Crippen molar-refractivity contribution in [1.82, 2.24) is 20.0 Å². The van der Waals surface area contributed by atoms with E-state index in [2.05, 4.69) is 10.4 Å². The predicted molar refractivity (Wildman–Crippen MR) is 108 cm³/mol. The smallest absolute Gasteiger partial charge is 0.436 e. The largest absolute Gasteiger partial charge is 0.477 e. The number of rotatable bonds is 7. The summed E-state index contributed by atoms with van der Waals surface area (Å²) in [4.78, 5) is 48.6. The fourth-order valence-corrected chi connectivity index (χ4v) is 4.93. The number of esters is 1. The van der Waals surface area contributed by atoms with Crippen LogP contribution in [-0.4, -0.2) is 67.3 Å². The lowest BCUT2D eigenvalue weighted by Crippen LogP contribution is -2.70. The number of aliphatic carboxylic acids is 1. The van der Waals surface area contributed by atoms with Gasteiger partial charge in [-0.2, -0.15) is 18.3 Å². The molecule has 3 rings (SSSR count). The van der Waals surface area contributed by atoms with Crippen molar-refractivity contribution < 1.29 is 42.2 Å². The van der Waals surface area contributed by atoms with Crippen LogP contribution in [0.4, 0.5) is 13.2 Å². The zero-order valence-electron chi connectivity index (χ0n) is 17.2. The third-order valence-electron chi connectivity index (χ3n) is 4.97. The Hall–Kier alpha value is -2.74. The predicted octanol–water partition coefficient (Wildman–Crippen LogP) is 1.56. The fraction of sp³-hybridized carbons (Fsp3) is 0.500. The molecular weight excluding hydrogens is 493 g/mol. The number of fused-ring (bicyclic) bond motifs is 1. The molecule has 2 N–H and O–H groups in total. The molecule has 0 aliphatic carbocycles. The molecule has 0 radical (unpaired) electrons. The fourth-order valence-electron chi connectivity index (χ4n) is 3.36. The Morgan fingerprint density at radius 1 is 1.36 bits per heavy atom. The van der Waals surface area contributed by atoms with E-state index in [0.717, 1.165) is 9.58 Å². The Morgan fingerprint density at radius 2 is 2.03 bits per heavy atom. The number of amides is 2. The van der Waals surface area contributed by atoms with Gasteiger partial charge in [0.05, 0.1) is 17.3 Å². The number of β-lactam (4-membered cyclic amide) rings is 1. The summed E-state index contributed by atoms with van der Waals surface area (Å²) in [5.41, 5.74) is -1.24. The van der Waals surface area contributed by atoms with Gasteiger partial charge in [-0.3, -0.25) is 24.0 Å². The number of nitrogens with one attached hydrogen (secondary N) is 1. The zero-order chi connectivity index (χ0) is 24.7. The molecule has 2 amide bonds. The Balaban J connectivity index is 1.64. The van der Waals surface area contributed by atoms with Crippen molar-refractivity contribution in [2.24, 2.45) is 0 Å². The number of ether oxygens (including phenoxy) is 1. The molecule has 0 saturated carbocycles. The number of carbonyl (C=O) groups excluding carboxylic acids is 3. The first kappa shape index (κ1) is 24.9. The molecule has 3 heterocycles. The number of alkyl halides is 3. The minimum Gasteiger partial charge on any atom is -0.477 e. The van der Waals surface area contributed by atoms with E-state index in [-0.39, 0.29) is 42.3 Å². The Labute approximate surface area is 194 Å². The summed E-state index contributed by atoms with van der Waals surface area (Å²) >= 11 is 6.87. The Morgan fingerprint density at radius 3 is 2.58 bits per heavy atom. The highest BCUT2D eigenvalue weighted by Crippen LogP contribution is 2.40. The van der Waals surface area contributed by atoms with Gasteiger partial charge in [0.1, 0.15) is 23.7 Å². The second-order valence-corrected chi connectivity index (χ2v) is 8.69. The molecule has 2 aliphatic rings. The van der Waals surface area contributed by atoms with Crippen molar-refractivity contribution in [3.05, 3.63) is 27.7 Å². The quantitative estimate of drug-likeness (QED) is 0.417. The van der Waals surface area contributed by atoms with E-state index >= 15 is 0 Å². The molecule has 0 aromatic carbocycles. The molecule has 1 aromatic rings. The number of nitrogens with zero attached hydrogens (tertiary/aromatic N) is 3. The van der Waals surface area contributed by atoms with E-state index in [1.807, 2.05) is 0 Å². The maximum Gasteiger partial charge on any atom is 0.436 e. The number of carboxylic acid groups (broad SMARTS) is 1. The van der Waals surface area contributed by atoms with Crippen LogP contribution >= 0.6 is 23.4 Å². The molecule has 10 nitrogen and oxygen atoms in total. The molecule has 0 unspecified atom stereocenters. The van der Waals surface area contributed by atoms with Crippen LogP contribution in [0.2, 0.25) is 5.02 Å². The lowest BCUT2D eigenvalue weighted by Gasteiger charge is -2.49. The van der Waals surface area contributed by atoms with Crippen LogP contribution in [0.1, 0.15) is 24.7 Å². The molecule has 33 heavy (non-hydrogen) atoms. The molecule has 0 spiro atoms. The molecular formula is C18H18ClF3N4O6S. The van der Waals surface area contributed by atoms with Gasteiger partial charge in [0.25, 0.3) is 5.91 Å². The summed E-state index contributed by atoms with van der Waals surface area (Å²) in [5, 5.41) is 14.2. The first-order valence-corrected chi connectivity index (χ1v) is 10.9. The second-order valence-electron chi connectivity index (χ2n) is 7.21. The van der Waals surface area contributed by atoms with Gasteiger partial charge >= 0.3 is 18.1 Å². The van der Waals surface area contributed by atoms with E-state index in [9.17, 15) is 37.5 Å². The molecule has 1 saturated heterocycles. The van der Waals surface area contributed by atoms with Gasteiger partial charge in [-0.1, -0.05) is 11.6 Å². The number of hydrogen-bond donors (Lipinski definition) is 2. The second kappa shape index (κ2) is 9.25. The Kier molecular flexibility index (Phi) is 6.98. The number of aromatic nitrogens is 2. The van der Waals surface area contributed by atoms with Crippen molar-refractivity contribution in [3.63, 3.8) is 0 Å². The van der Waals surface area contributed by atoms with Crippen molar-refractivity contribution >= 4 is 47.1 Å². The molecule has 15 heteroatoms. The highest BCUT2D eigenvalue weighted by Gasteiger charge is 2.54. The summed E-state index contributed by atoms with van der Waals surface area (Å²) in [6.45, 7) is 2.02. The van der Waals surface area contributed by atoms with Crippen LogP contribution in [0.3, 0.4) is 0 Å². The SMILES string of the molecule is CC(=O)OCC1=C(C(=O)O)N2C(=O)[C@H](NC(=O)CCn3nc(C(F)(F)F)c(Cl)c3C)[C@@H]2SC1. The summed E-state index contributed by atoms with van der Waals surface area (Å²) < 4.78 is 44.6. The topological polar surface area (TPSA) is 131 Å². The van der Waals surface area contributed by atoms with Crippen LogP contribution in [-0.2, 0) is 36.6 Å². The van der Waals surface area contributed by atoms with Gasteiger partial charge in [0.2, 0.25) is 5.91 Å². The van der Waals surface area contributed by atoms with Crippen molar-refractivity contribution in [2.45, 2.75) is 44.4 Å². The van der Waals surface area contributed by atoms with Crippen molar-refractivity contribution in [2.75, 3.05) is 12.4 Å². The molecule has 1 aromatic heterocycles. The number of aryl methyl sites for hydroxylation is 1. The number of hydrogen-bond acceptors (Lipinski definition) is 7. The molecule has 2 aliphatic heterocycles. The average molecular weight is 511 g/mol. The molecule has 180 valence electrons. The maximum atomic E-state index is 12.9. The van der Waals surface area contributed by atoms with E-state index in [1.54, 1.807) is 0 Å². The number of halogens is 4. The standard InChI is InChI=1S/C18H18ClF3N4O6S/c1-7-11(19)14(18(20,21)22)24-25(7)4-3-10(28)23-12-15(29)26-13(17(30)31)9(5-32-8(2)27)6-33-16(12)26/h12,16H,3-6H2,1-2H3,(H,23,28)(H,30,31)/t12-,16-/m0/s1. The Bertz CT molecular complexity index is 1060. The monoisotopic (exact) mass is 510 g/mol. The van der Waals surface area contributed by atoms with Crippen LogP contribution in [0.5, 0.6) is 0 Å². The zero-order valence-corrected chi connectivity index (χ0v) is 18.8. The lowest BCUT2D eigenvalue weighted by molar-refractivity contribution is -0.151. The van der Waals surface area contributed by atoms with Crippen molar-refractivity contribution in [1.29, 1.82) is 0 Å². The molecule has 1 fully saturated rings. The summed E-state index contributed by atoms with van der Waals surface area (Å²) in [6.07, 6.45) is -5.02. The van der Waals surface area contributed by atoms with Crippen LogP contribution in [0, 0.1) is 6.92 Å². The van der Waals surface area contributed by atoms with Gasteiger partial charge in [0, 0.05) is 24.7 Å². The van der Waals surface area contributed by atoms with E-state index in [1.165, 1.54) is 25.6 Å². The van der Waals surface area contributed by atoms with E-state index in [4.69, 9.17) is 16.3 Å². The average Bonchev–Trinajstić information content (AvgIpc) is 3.02. The number of carboxylic acids is 1.